The first kappa shape index (κ1) is 12.9. The first-order chi connectivity index (χ1) is 9.81. The first-order valence-corrected chi connectivity index (χ1v) is 7.40. The van der Waals surface area contributed by atoms with Gasteiger partial charge >= 0.3 is 0 Å². The van der Waals surface area contributed by atoms with Gasteiger partial charge < -0.3 is 10.3 Å². The lowest BCUT2D eigenvalue weighted by molar-refractivity contribution is 0.376. The summed E-state index contributed by atoms with van der Waals surface area (Å²) in [5.41, 5.74) is 7.31. The number of thiophene rings is 1. The number of nitrogens with two attached hydrogens (primary N) is 1. The van der Waals surface area contributed by atoms with Crippen LogP contribution in [0, 0.1) is 0 Å². The van der Waals surface area contributed by atoms with E-state index in [-0.39, 0.29) is 0 Å². The predicted octanol–water partition coefficient (Wildman–Crippen LogP) is 3.56. The Morgan fingerprint density at radius 1 is 1.10 bits per heavy atom. The second-order valence-electron chi connectivity index (χ2n) is 4.57. The maximum Gasteiger partial charge on any atom is 0.226 e. The molecule has 5 heteroatoms. The topological polar surface area (TPSA) is 64.9 Å². The van der Waals surface area contributed by atoms with Gasteiger partial charge in [-0.15, -0.1) is 11.3 Å². The molecular formula is C15H15N3OS. The Morgan fingerprint density at radius 3 is 2.70 bits per heavy atom. The van der Waals surface area contributed by atoms with Crippen molar-refractivity contribution in [1.82, 2.24) is 10.1 Å². The minimum absolute atomic E-state index is 0.621. The number of nitrogen functional groups attached to an aromatic ring is 1. The van der Waals surface area contributed by atoms with Gasteiger partial charge in [0.2, 0.25) is 11.7 Å². The standard InChI is InChI=1S/C15H15N3OS/c16-12-8-6-11(7-9-12)15-17-14(19-18-15)5-1-3-13-4-2-10-20-13/h2,4,6-10H,1,3,5,16H2. The summed E-state index contributed by atoms with van der Waals surface area (Å²) in [6.45, 7) is 0. The summed E-state index contributed by atoms with van der Waals surface area (Å²) in [6.07, 6.45) is 2.88. The van der Waals surface area contributed by atoms with Crippen molar-refractivity contribution in [3.63, 3.8) is 0 Å². The Labute approximate surface area is 121 Å². The number of anilines is 1. The van der Waals surface area contributed by atoms with Crippen molar-refractivity contribution in [2.45, 2.75) is 19.3 Å². The van der Waals surface area contributed by atoms with Crippen LogP contribution < -0.4 is 5.73 Å². The summed E-state index contributed by atoms with van der Waals surface area (Å²) < 4.78 is 5.28. The second-order valence-corrected chi connectivity index (χ2v) is 5.60. The fraction of sp³-hybridized carbons (Fsp3) is 0.200. The van der Waals surface area contributed by atoms with Crippen molar-refractivity contribution in [1.29, 1.82) is 0 Å². The van der Waals surface area contributed by atoms with E-state index < -0.39 is 0 Å². The molecule has 2 heterocycles. The van der Waals surface area contributed by atoms with Gasteiger partial charge in [0.05, 0.1) is 0 Å². The molecule has 0 spiro atoms. The van der Waals surface area contributed by atoms with Crippen LogP contribution in [0.1, 0.15) is 17.2 Å². The Morgan fingerprint density at radius 2 is 1.95 bits per heavy atom. The van der Waals surface area contributed by atoms with Crippen LogP contribution in [0.3, 0.4) is 0 Å². The maximum absolute atomic E-state index is 5.66. The Hall–Kier alpha value is -2.14. The third-order valence-electron chi connectivity index (χ3n) is 3.03. The van der Waals surface area contributed by atoms with Crippen LogP contribution >= 0.6 is 11.3 Å². The van der Waals surface area contributed by atoms with Crippen molar-refractivity contribution in [3.8, 4) is 11.4 Å². The second kappa shape index (κ2) is 5.88. The molecule has 0 aliphatic heterocycles. The van der Waals surface area contributed by atoms with E-state index in [4.69, 9.17) is 10.3 Å². The summed E-state index contributed by atoms with van der Waals surface area (Å²) in [7, 11) is 0. The van der Waals surface area contributed by atoms with Crippen LogP contribution in [0.4, 0.5) is 5.69 Å². The van der Waals surface area contributed by atoms with Gasteiger partial charge in [-0.2, -0.15) is 4.98 Å². The van der Waals surface area contributed by atoms with E-state index >= 15 is 0 Å². The number of nitrogens with zero attached hydrogens (tertiary/aromatic N) is 2. The molecule has 2 aromatic heterocycles. The molecule has 0 amide bonds. The lowest BCUT2D eigenvalue weighted by atomic mass is 10.2. The van der Waals surface area contributed by atoms with Gasteiger partial charge in [0.25, 0.3) is 0 Å². The molecule has 0 atom stereocenters. The molecule has 0 unspecified atom stereocenters. The molecule has 0 radical (unpaired) electrons. The number of hydrogen-bond acceptors (Lipinski definition) is 5. The molecule has 3 rings (SSSR count). The minimum atomic E-state index is 0.621. The third kappa shape index (κ3) is 3.05. The third-order valence-corrected chi connectivity index (χ3v) is 3.97. The molecule has 0 saturated carbocycles. The molecule has 0 bridgehead atoms. The Bertz CT molecular complexity index is 659. The average Bonchev–Trinajstić information content (AvgIpc) is 3.11. The monoisotopic (exact) mass is 285 g/mol. The zero-order chi connectivity index (χ0) is 13.8. The summed E-state index contributed by atoms with van der Waals surface area (Å²) in [5, 5.41) is 6.11. The average molecular weight is 285 g/mol. The maximum atomic E-state index is 5.66. The molecule has 0 aliphatic carbocycles. The van der Waals surface area contributed by atoms with Crippen LogP contribution in [0.5, 0.6) is 0 Å². The quantitative estimate of drug-likeness (QED) is 0.728. The molecule has 4 nitrogen and oxygen atoms in total. The lowest BCUT2D eigenvalue weighted by Crippen LogP contribution is -1.89. The highest BCUT2D eigenvalue weighted by Crippen LogP contribution is 2.18. The van der Waals surface area contributed by atoms with E-state index in [0.717, 1.165) is 30.5 Å². The van der Waals surface area contributed by atoms with Gasteiger partial charge in [0.15, 0.2) is 0 Å². The number of aryl methyl sites for hydroxylation is 2. The summed E-state index contributed by atoms with van der Waals surface area (Å²) in [6, 6.07) is 11.7. The number of benzene rings is 1. The molecule has 0 saturated heterocycles. The van der Waals surface area contributed by atoms with Crippen LogP contribution in [0.25, 0.3) is 11.4 Å². The van der Waals surface area contributed by atoms with Gasteiger partial charge in [0, 0.05) is 22.5 Å². The molecule has 102 valence electrons. The molecule has 0 aliphatic rings. The van der Waals surface area contributed by atoms with Crippen molar-refractivity contribution >= 4 is 17.0 Å². The van der Waals surface area contributed by atoms with Crippen molar-refractivity contribution in [3.05, 3.63) is 52.5 Å². The van der Waals surface area contributed by atoms with E-state index in [1.54, 1.807) is 11.3 Å². The van der Waals surface area contributed by atoms with E-state index in [2.05, 4.69) is 27.7 Å². The number of aromatic nitrogens is 2. The molecule has 2 N–H and O–H groups in total. The van der Waals surface area contributed by atoms with Gasteiger partial charge in [-0.25, -0.2) is 0 Å². The van der Waals surface area contributed by atoms with E-state index in [9.17, 15) is 0 Å². The smallest absolute Gasteiger partial charge is 0.226 e. The highest BCUT2D eigenvalue weighted by atomic mass is 32.1. The molecule has 1 aromatic carbocycles. The SMILES string of the molecule is Nc1ccc(-c2noc(CCCc3cccs3)n2)cc1. The highest BCUT2D eigenvalue weighted by molar-refractivity contribution is 7.09. The zero-order valence-corrected chi connectivity index (χ0v) is 11.8. The molecule has 20 heavy (non-hydrogen) atoms. The minimum Gasteiger partial charge on any atom is -0.399 e. The van der Waals surface area contributed by atoms with Crippen LogP contribution in [0.2, 0.25) is 0 Å². The van der Waals surface area contributed by atoms with E-state index in [1.807, 2.05) is 24.3 Å². The fourth-order valence-corrected chi connectivity index (χ4v) is 2.73. The summed E-state index contributed by atoms with van der Waals surface area (Å²) >= 11 is 1.78. The normalized spacial score (nSPS) is 10.8. The van der Waals surface area contributed by atoms with Gasteiger partial charge in [0.1, 0.15) is 0 Å². The van der Waals surface area contributed by atoms with Gasteiger partial charge in [-0.3, -0.25) is 0 Å². The molecular weight excluding hydrogens is 270 g/mol. The Kier molecular flexibility index (Phi) is 3.78. The van der Waals surface area contributed by atoms with Crippen molar-refractivity contribution in [2.75, 3.05) is 5.73 Å². The summed E-state index contributed by atoms with van der Waals surface area (Å²) in [5.74, 6) is 1.31. The first-order valence-electron chi connectivity index (χ1n) is 6.52. The largest absolute Gasteiger partial charge is 0.399 e. The Balaban J connectivity index is 1.60. The van der Waals surface area contributed by atoms with Crippen molar-refractivity contribution in [2.24, 2.45) is 0 Å². The van der Waals surface area contributed by atoms with Crippen LogP contribution in [0.15, 0.2) is 46.3 Å². The number of hydrogen-bond donors (Lipinski definition) is 1. The molecule has 3 aromatic rings. The highest BCUT2D eigenvalue weighted by Gasteiger charge is 2.08. The van der Waals surface area contributed by atoms with E-state index in [0.29, 0.717) is 11.7 Å². The van der Waals surface area contributed by atoms with Gasteiger partial charge in [-0.05, 0) is 48.6 Å². The zero-order valence-electron chi connectivity index (χ0n) is 11.0. The van der Waals surface area contributed by atoms with Crippen molar-refractivity contribution < 1.29 is 4.52 Å². The van der Waals surface area contributed by atoms with E-state index in [1.165, 1.54) is 4.88 Å². The number of rotatable bonds is 5. The van der Waals surface area contributed by atoms with Gasteiger partial charge in [-0.1, -0.05) is 11.2 Å². The molecule has 0 fully saturated rings. The van der Waals surface area contributed by atoms with Crippen LogP contribution in [-0.2, 0) is 12.8 Å². The summed E-state index contributed by atoms with van der Waals surface area (Å²) in [4.78, 5) is 5.81. The predicted molar refractivity (Wildman–Crippen MR) is 80.5 cm³/mol. The lowest BCUT2D eigenvalue weighted by Gasteiger charge is -1.95. The fourth-order valence-electron chi connectivity index (χ4n) is 1.97. The van der Waals surface area contributed by atoms with Crippen LogP contribution in [-0.4, -0.2) is 10.1 Å².